The second-order valence-corrected chi connectivity index (χ2v) is 11.8. The Bertz CT molecular complexity index is 1720. The number of primary amides is 1. The average molecular weight is 631 g/mol. The minimum absolute atomic E-state index is 0.0243. The number of carbonyl (C=O) groups excluding carboxylic acids is 3. The Morgan fingerprint density at radius 1 is 1.02 bits per heavy atom. The quantitative estimate of drug-likeness (QED) is 0.296. The first-order valence-electron chi connectivity index (χ1n) is 14.0. The Kier molecular flexibility index (Phi) is 6.60. The van der Waals surface area contributed by atoms with E-state index < -0.39 is 11.9 Å². The molecule has 5 heterocycles. The predicted octanol–water partition coefficient (Wildman–Crippen LogP) is 2.98. The van der Waals surface area contributed by atoms with Crippen LogP contribution in [0.5, 0.6) is 0 Å². The molecule has 0 unspecified atom stereocenters. The molecular formula is C29H28BrN9O3. The number of benzene rings is 1. The highest BCUT2D eigenvalue weighted by molar-refractivity contribution is 9.10. The highest BCUT2D eigenvalue weighted by Crippen LogP contribution is 2.48. The summed E-state index contributed by atoms with van der Waals surface area (Å²) in [6.45, 7) is 1.79. The number of likely N-dealkylation sites (tertiary alicyclic amines) is 1. The highest BCUT2D eigenvalue weighted by atomic mass is 79.9. The predicted molar refractivity (Wildman–Crippen MR) is 158 cm³/mol. The molecule has 13 heteroatoms. The van der Waals surface area contributed by atoms with Crippen LogP contribution in [-0.2, 0) is 16.1 Å². The maximum absolute atomic E-state index is 13.7. The molecule has 3 atom stereocenters. The van der Waals surface area contributed by atoms with Crippen LogP contribution in [0, 0.1) is 5.92 Å². The van der Waals surface area contributed by atoms with Gasteiger partial charge in [-0.3, -0.25) is 19.1 Å². The normalized spacial score (nSPS) is 21.0. The lowest BCUT2D eigenvalue weighted by Crippen LogP contribution is -2.46. The van der Waals surface area contributed by atoms with Crippen molar-refractivity contribution in [2.24, 2.45) is 11.7 Å². The lowest BCUT2D eigenvalue weighted by Gasteiger charge is -2.26. The van der Waals surface area contributed by atoms with E-state index in [1.165, 1.54) is 4.68 Å². The summed E-state index contributed by atoms with van der Waals surface area (Å²) in [5, 5.41) is 7.80. The van der Waals surface area contributed by atoms with Crippen LogP contribution in [0.4, 0.5) is 11.8 Å². The Balaban J connectivity index is 1.13. The minimum atomic E-state index is -0.689. The second kappa shape index (κ2) is 10.5. The molecule has 3 N–H and O–H groups in total. The fourth-order valence-corrected chi connectivity index (χ4v) is 6.50. The third-order valence-corrected chi connectivity index (χ3v) is 8.73. The van der Waals surface area contributed by atoms with E-state index in [4.69, 9.17) is 5.73 Å². The van der Waals surface area contributed by atoms with E-state index in [-0.39, 0.29) is 30.1 Å². The molecule has 4 aromatic rings. The Labute approximate surface area is 249 Å². The van der Waals surface area contributed by atoms with Crippen LogP contribution >= 0.6 is 15.9 Å². The van der Waals surface area contributed by atoms with Crippen molar-refractivity contribution >= 4 is 56.3 Å². The van der Waals surface area contributed by atoms with E-state index in [0.29, 0.717) is 39.6 Å². The third kappa shape index (κ3) is 4.87. The van der Waals surface area contributed by atoms with Crippen LogP contribution in [0.15, 0.2) is 53.4 Å². The Morgan fingerprint density at radius 2 is 1.81 bits per heavy atom. The van der Waals surface area contributed by atoms with Crippen LogP contribution in [-0.4, -0.2) is 72.5 Å². The maximum atomic E-state index is 13.7. The first-order chi connectivity index (χ1) is 20.4. The molecule has 1 aromatic carbocycles. The molecule has 1 aliphatic carbocycles. The lowest BCUT2D eigenvalue weighted by molar-refractivity contribution is -0.138. The number of amides is 3. The van der Waals surface area contributed by atoms with Gasteiger partial charge in [0.2, 0.25) is 17.8 Å². The Hall–Kier alpha value is -4.39. The van der Waals surface area contributed by atoms with Crippen molar-refractivity contribution in [2.45, 2.75) is 44.3 Å². The van der Waals surface area contributed by atoms with Crippen LogP contribution in [0.2, 0.25) is 0 Å². The second-order valence-electron chi connectivity index (χ2n) is 11.0. The number of nitrogens with two attached hydrogens (primary N) is 1. The summed E-state index contributed by atoms with van der Waals surface area (Å²) in [6.07, 6.45) is 7.30. The van der Waals surface area contributed by atoms with Crippen molar-refractivity contribution in [2.75, 3.05) is 23.3 Å². The zero-order valence-corrected chi connectivity index (χ0v) is 24.2. The van der Waals surface area contributed by atoms with Crippen LogP contribution in [0.25, 0.3) is 22.0 Å². The zero-order chi connectivity index (χ0) is 29.0. The number of pyridine rings is 1. The van der Waals surface area contributed by atoms with Crippen molar-refractivity contribution in [3.05, 3.63) is 59.1 Å². The Morgan fingerprint density at radius 3 is 2.55 bits per heavy atom. The number of nitrogens with zero attached hydrogens (tertiary/aromatic N) is 7. The molecule has 3 aromatic heterocycles. The van der Waals surface area contributed by atoms with E-state index in [0.717, 1.165) is 43.5 Å². The summed E-state index contributed by atoms with van der Waals surface area (Å²) in [6, 6.07) is 10.2. The zero-order valence-electron chi connectivity index (χ0n) is 22.6. The number of nitrogens with one attached hydrogen (secondary N) is 1. The minimum Gasteiger partial charge on any atom is -0.364 e. The van der Waals surface area contributed by atoms with E-state index >= 15 is 0 Å². The smallest absolute Gasteiger partial charge is 0.269 e. The van der Waals surface area contributed by atoms with Gasteiger partial charge in [-0.1, -0.05) is 12.1 Å². The summed E-state index contributed by atoms with van der Waals surface area (Å²) in [5.74, 6) is 0.229. The number of piperidine rings is 1. The van der Waals surface area contributed by atoms with Gasteiger partial charge >= 0.3 is 0 Å². The maximum Gasteiger partial charge on any atom is 0.269 e. The van der Waals surface area contributed by atoms with Crippen molar-refractivity contribution in [3.8, 4) is 11.1 Å². The number of hydrogen-bond donors (Lipinski definition) is 2. The molecule has 214 valence electrons. The molecule has 42 heavy (non-hydrogen) atoms. The fourth-order valence-electron chi connectivity index (χ4n) is 6.16. The number of carbonyl (C=O) groups is 3. The van der Waals surface area contributed by atoms with E-state index in [2.05, 4.69) is 46.2 Å². The fraction of sp³-hybridized carbons (Fsp3) is 0.345. The topological polar surface area (TPSA) is 152 Å². The number of fused-ring (bicyclic) bond motifs is 2. The molecule has 3 fully saturated rings. The molecule has 0 bridgehead atoms. The molecule has 2 aliphatic heterocycles. The van der Waals surface area contributed by atoms with Crippen LogP contribution in [0.3, 0.4) is 0 Å². The highest BCUT2D eigenvalue weighted by Gasteiger charge is 2.56. The van der Waals surface area contributed by atoms with Crippen LogP contribution in [0.1, 0.15) is 36.2 Å². The number of halogens is 1. The number of rotatable bonds is 7. The average Bonchev–Trinajstić information content (AvgIpc) is 3.33. The molecule has 1 saturated carbocycles. The lowest BCUT2D eigenvalue weighted by atomic mass is 10.1. The van der Waals surface area contributed by atoms with Gasteiger partial charge in [-0.25, -0.2) is 15.0 Å². The van der Waals surface area contributed by atoms with Gasteiger partial charge in [0, 0.05) is 42.5 Å². The van der Waals surface area contributed by atoms with E-state index in [9.17, 15) is 14.4 Å². The third-order valence-electron chi connectivity index (χ3n) is 8.29. The SMILES string of the molecule is NC(=O)c1nn(CC(=O)N2[C@@H]3C[C@@H]3C[C@H]2C(=O)Nc2cccc(Br)n2)c2ccc(-c3cnc(N4CCCC4)nc3)cc12. The largest absolute Gasteiger partial charge is 0.364 e. The van der Waals surface area contributed by atoms with E-state index in [1.807, 2.05) is 18.2 Å². The monoisotopic (exact) mass is 629 g/mol. The van der Waals surface area contributed by atoms with Gasteiger partial charge in [0.05, 0.1) is 5.52 Å². The van der Waals surface area contributed by atoms with Crippen molar-refractivity contribution in [1.82, 2.24) is 29.6 Å². The van der Waals surface area contributed by atoms with Crippen molar-refractivity contribution < 1.29 is 14.4 Å². The summed E-state index contributed by atoms with van der Waals surface area (Å²) in [5.41, 5.74) is 7.98. The van der Waals surface area contributed by atoms with Gasteiger partial charge in [-0.2, -0.15) is 5.10 Å². The van der Waals surface area contributed by atoms with Gasteiger partial charge in [-0.15, -0.1) is 0 Å². The first kappa shape index (κ1) is 26.5. The summed E-state index contributed by atoms with van der Waals surface area (Å²) >= 11 is 3.31. The van der Waals surface area contributed by atoms with Crippen molar-refractivity contribution in [1.29, 1.82) is 0 Å². The van der Waals surface area contributed by atoms with Gasteiger partial charge in [0.1, 0.15) is 23.0 Å². The summed E-state index contributed by atoms with van der Waals surface area (Å²) in [7, 11) is 0. The molecule has 3 amide bonds. The molecule has 7 rings (SSSR count). The van der Waals surface area contributed by atoms with Gasteiger partial charge in [-0.05, 0) is 77.4 Å². The van der Waals surface area contributed by atoms with Crippen molar-refractivity contribution in [3.63, 3.8) is 0 Å². The molecule has 12 nitrogen and oxygen atoms in total. The molecular weight excluding hydrogens is 602 g/mol. The molecule has 0 spiro atoms. The first-order valence-corrected chi connectivity index (χ1v) is 14.8. The summed E-state index contributed by atoms with van der Waals surface area (Å²) < 4.78 is 2.10. The van der Waals surface area contributed by atoms with Gasteiger partial charge < -0.3 is 20.9 Å². The molecule has 3 aliphatic rings. The molecule has 2 saturated heterocycles. The standard InChI is InChI=1S/C29H28BrN9O3/c30-23-4-3-5-24(34-23)35-28(42)22-12-17-11-21(17)39(22)25(40)15-38-20-7-6-16(10-19(20)26(36-38)27(31)41)18-13-32-29(33-14-18)37-8-1-2-9-37/h3-7,10,13-14,17,21-22H,1-2,8-9,11-12,15H2,(H2,31,41)(H,34,35,42)/t17-,21-,22+/m1/s1. The van der Waals surface area contributed by atoms with Gasteiger partial charge in [0.25, 0.3) is 5.91 Å². The van der Waals surface area contributed by atoms with E-state index in [1.54, 1.807) is 35.5 Å². The van der Waals surface area contributed by atoms with Gasteiger partial charge in [0.15, 0.2) is 5.69 Å². The number of hydrogen-bond acceptors (Lipinski definition) is 8. The summed E-state index contributed by atoms with van der Waals surface area (Å²) in [4.78, 5) is 56.4. The van der Waals surface area contributed by atoms with Crippen LogP contribution < -0.4 is 16.0 Å². The molecule has 0 radical (unpaired) electrons. The number of aromatic nitrogens is 5. The number of anilines is 2.